The summed E-state index contributed by atoms with van der Waals surface area (Å²) in [7, 11) is 0. The van der Waals surface area contributed by atoms with E-state index in [1.165, 1.54) is 16.2 Å². The fourth-order valence-corrected chi connectivity index (χ4v) is 2.62. The van der Waals surface area contributed by atoms with Crippen LogP contribution in [0.5, 0.6) is 0 Å². The summed E-state index contributed by atoms with van der Waals surface area (Å²) in [5, 5.41) is 0. The lowest BCUT2D eigenvalue weighted by Crippen LogP contribution is -2.42. The van der Waals surface area contributed by atoms with Crippen molar-refractivity contribution in [2.75, 3.05) is 0 Å². The summed E-state index contributed by atoms with van der Waals surface area (Å²) in [6.45, 7) is 4.06. The van der Waals surface area contributed by atoms with Crippen molar-refractivity contribution in [1.82, 2.24) is 10.9 Å². The first-order valence-electron chi connectivity index (χ1n) is 5.81. The Bertz CT molecular complexity index is 449. The van der Waals surface area contributed by atoms with Crippen LogP contribution in [0.4, 0.5) is 0 Å². The maximum absolute atomic E-state index is 11.8. The summed E-state index contributed by atoms with van der Waals surface area (Å²) in [6.07, 6.45) is 2.79. The summed E-state index contributed by atoms with van der Waals surface area (Å²) < 4.78 is 0. The third kappa shape index (κ3) is 2.85. The van der Waals surface area contributed by atoms with E-state index in [1.54, 1.807) is 0 Å². The molecule has 1 aliphatic carbocycles. The molecule has 0 spiro atoms. The van der Waals surface area contributed by atoms with Crippen LogP contribution in [0.15, 0.2) is 6.07 Å². The zero-order valence-corrected chi connectivity index (χ0v) is 10.8. The van der Waals surface area contributed by atoms with E-state index in [4.69, 9.17) is 0 Å². The molecule has 0 bridgehead atoms. The number of nitrogens with one attached hydrogen (secondary N) is 2. The number of carbonyl (C=O) groups is 2. The second-order valence-corrected chi connectivity index (χ2v) is 5.42. The highest BCUT2D eigenvalue weighted by Crippen LogP contribution is 2.28. The first-order valence-corrected chi connectivity index (χ1v) is 6.63. The van der Waals surface area contributed by atoms with E-state index in [0.717, 1.165) is 24.8 Å². The smallest absolute Gasteiger partial charge is 0.273 e. The number of hydrogen-bond acceptors (Lipinski definition) is 3. The number of hydrazine groups is 1. The molecule has 0 aromatic carbocycles. The van der Waals surface area contributed by atoms with Crippen LogP contribution >= 0.6 is 11.3 Å². The predicted octanol–water partition coefficient (Wildman–Crippen LogP) is 1.79. The van der Waals surface area contributed by atoms with E-state index in [-0.39, 0.29) is 17.7 Å². The third-order valence-corrected chi connectivity index (χ3v) is 4.19. The molecule has 2 N–H and O–H groups in total. The molecule has 1 fully saturated rings. The lowest BCUT2D eigenvalue weighted by atomic mass is 10.2. The number of amides is 2. The Hall–Kier alpha value is -1.36. The van der Waals surface area contributed by atoms with Crippen molar-refractivity contribution >= 4 is 23.2 Å². The van der Waals surface area contributed by atoms with Crippen LogP contribution in [0.3, 0.4) is 0 Å². The van der Waals surface area contributed by atoms with Crippen molar-refractivity contribution in [3.8, 4) is 0 Å². The predicted molar refractivity (Wildman–Crippen MR) is 66.8 cm³/mol. The zero-order chi connectivity index (χ0) is 12.4. The molecule has 1 heterocycles. The molecule has 0 unspecified atom stereocenters. The van der Waals surface area contributed by atoms with Crippen LogP contribution in [0.1, 0.15) is 39.9 Å². The monoisotopic (exact) mass is 252 g/mol. The summed E-state index contributed by atoms with van der Waals surface area (Å²) in [4.78, 5) is 25.0. The largest absolute Gasteiger partial charge is 0.279 e. The molecule has 1 aromatic rings. The SMILES string of the molecule is CCc1sc(C(=O)NNC(=O)C2CC2)cc1C. The Morgan fingerprint density at radius 3 is 2.65 bits per heavy atom. The van der Waals surface area contributed by atoms with Crippen LogP contribution in [0.25, 0.3) is 0 Å². The lowest BCUT2D eigenvalue weighted by Gasteiger charge is -2.04. The average Bonchev–Trinajstić information content (AvgIpc) is 3.09. The fourth-order valence-electron chi connectivity index (χ4n) is 1.61. The second kappa shape index (κ2) is 4.87. The topological polar surface area (TPSA) is 58.2 Å². The van der Waals surface area contributed by atoms with E-state index in [2.05, 4.69) is 17.8 Å². The van der Waals surface area contributed by atoms with Crippen LogP contribution in [0.2, 0.25) is 0 Å². The normalized spacial score (nSPS) is 14.5. The number of hydrogen-bond donors (Lipinski definition) is 2. The van der Waals surface area contributed by atoms with Gasteiger partial charge >= 0.3 is 0 Å². The van der Waals surface area contributed by atoms with Gasteiger partial charge in [0.1, 0.15) is 0 Å². The van der Waals surface area contributed by atoms with Crippen LogP contribution in [-0.4, -0.2) is 11.8 Å². The van der Waals surface area contributed by atoms with Crippen molar-refractivity contribution in [3.63, 3.8) is 0 Å². The summed E-state index contributed by atoms with van der Waals surface area (Å²) in [6, 6.07) is 1.86. The Labute approximate surface area is 104 Å². The van der Waals surface area contributed by atoms with Gasteiger partial charge in [0.2, 0.25) is 5.91 Å². The third-order valence-electron chi connectivity index (χ3n) is 2.81. The Kier molecular flexibility index (Phi) is 3.47. The van der Waals surface area contributed by atoms with Gasteiger partial charge in [-0.15, -0.1) is 11.3 Å². The minimum absolute atomic E-state index is 0.0812. The highest BCUT2D eigenvalue weighted by atomic mass is 32.1. The van der Waals surface area contributed by atoms with Gasteiger partial charge in [-0.1, -0.05) is 6.92 Å². The molecule has 0 saturated heterocycles. The molecule has 0 atom stereocenters. The van der Waals surface area contributed by atoms with Crippen molar-refractivity contribution in [2.45, 2.75) is 33.1 Å². The van der Waals surface area contributed by atoms with Crippen LogP contribution < -0.4 is 10.9 Å². The van der Waals surface area contributed by atoms with E-state index in [1.807, 2.05) is 13.0 Å². The Balaban J connectivity index is 1.91. The summed E-state index contributed by atoms with van der Waals surface area (Å²) >= 11 is 1.48. The number of aryl methyl sites for hydroxylation is 2. The molecule has 2 rings (SSSR count). The maximum atomic E-state index is 11.8. The second-order valence-electron chi connectivity index (χ2n) is 4.29. The van der Waals surface area contributed by atoms with Gasteiger partial charge in [-0.25, -0.2) is 0 Å². The van der Waals surface area contributed by atoms with Gasteiger partial charge in [0.15, 0.2) is 0 Å². The van der Waals surface area contributed by atoms with Gasteiger partial charge in [-0.3, -0.25) is 20.4 Å². The first-order chi connectivity index (χ1) is 8.11. The molecule has 0 radical (unpaired) electrons. The minimum atomic E-state index is -0.230. The molecule has 17 heavy (non-hydrogen) atoms. The van der Waals surface area contributed by atoms with Gasteiger partial charge in [-0.2, -0.15) is 0 Å². The number of thiophene rings is 1. The van der Waals surface area contributed by atoms with Gasteiger partial charge in [0.25, 0.3) is 5.91 Å². The van der Waals surface area contributed by atoms with Crippen molar-refractivity contribution in [2.24, 2.45) is 5.92 Å². The summed E-state index contributed by atoms with van der Waals surface area (Å²) in [5.41, 5.74) is 6.05. The maximum Gasteiger partial charge on any atom is 0.279 e. The molecule has 4 nitrogen and oxygen atoms in total. The molecule has 92 valence electrons. The van der Waals surface area contributed by atoms with Crippen molar-refractivity contribution < 1.29 is 9.59 Å². The van der Waals surface area contributed by atoms with Gasteiger partial charge in [-0.05, 0) is 37.8 Å². The van der Waals surface area contributed by atoms with Gasteiger partial charge < -0.3 is 0 Å². The van der Waals surface area contributed by atoms with Crippen LogP contribution in [-0.2, 0) is 11.2 Å². The van der Waals surface area contributed by atoms with E-state index < -0.39 is 0 Å². The first kappa shape index (κ1) is 12.1. The van der Waals surface area contributed by atoms with E-state index in [0.29, 0.717) is 4.88 Å². The molecular weight excluding hydrogens is 236 g/mol. The van der Waals surface area contributed by atoms with Crippen molar-refractivity contribution in [3.05, 3.63) is 21.4 Å². The van der Waals surface area contributed by atoms with Crippen LogP contribution in [0, 0.1) is 12.8 Å². The molecule has 2 amide bonds. The van der Waals surface area contributed by atoms with Crippen molar-refractivity contribution in [1.29, 1.82) is 0 Å². The Morgan fingerprint density at radius 2 is 2.12 bits per heavy atom. The summed E-state index contributed by atoms with van der Waals surface area (Å²) in [5.74, 6) is -0.208. The zero-order valence-electron chi connectivity index (χ0n) is 10.0. The number of carbonyl (C=O) groups excluding carboxylic acids is 2. The van der Waals surface area contributed by atoms with Gasteiger partial charge in [0.05, 0.1) is 4.88 Å². The fraction of sp³-hybridized carbons (Fsp3) is 0.500. The number of rotatable bonds is 3. The molecule has 1 aromatic heterocycles. The highest BCUT2D eigenvalue weighted by Gasteiger charge is 2.29. The molecule has 1 saturated carbocycles. The Morgan fingerprint density at radius 1 is 1.41 bits per heavy atom. The highest BCUT2D eigenvalue weighted by molar-refractivity contribution is 7.14. The van der Waals surface area contributed by atoms with Gasteiger partial charge in [0, 0.05) is 10.8 Å². The van der Waals surface area contributed by atoms with E-state index >= 15 is 0 Å². The average molecular weight is 252 g/mol. The lowest BCUT2D eigenvalue weighted by molar-refractivity contribution is -0.123. The minimum Gasteiger partial charge on any atom is -0.273 e. The van der Waals surface area contributed by atoms with E-state index in [9.17, 15) is 9.59 Å². The molecule has 5 heteroatoms. The molecule has 1 aliphatic rings. The standard InChI is InChI=1S/C12H16N2O2S/c1-3-9-7(2)6-10(17-9)12(16)14-13-11(15)8-4-5-8/h6,8H,3-5H2,1-2H3,(H,13,15)(H,14,16). The molecular formula is C12H16N2O2S. The molecule has 0 aliphatic heterocycles. The quantitative estimate of drug-likeness (QED) is 0.806.